The molecule has 0 saturated carbocycles. The van der Waals surface area contributed by atoms with Crippen LogP contribution in [0.4, 0.5) is 5.69 Å². The zero-order valence-corrected chi connectivity index (χ0v) is 10.1. The molecule has 2 aromatic rings. The number of hydrogen-bond donors (Lipinski definition) is 2. The second-order valence-corrected chi connectivity index (χ2v) is 3.54. The first-order valence-corrected chi connectivity index (χ1v) is 4.98. The van der Waals surface area contributed by atoms with Crippen LogP contribution in [0.1, 0.15) is 18.2 Å². The average molecular weight is 274 g/mol. The molecule has 8 nitrogen and oxygen atoms in total. The lowest BCUT2D eigenvalue weighted by Gasteiger charge is -2.09. The van der Waals surface area contributed by atoms with Crippen molar-refractivity contribution in [3.63, 3.8) is 0 Å². The molecule has 0 aliphatic rings. The molecule has 0 spiro atoms. The van der Waals surface area contributed by atoms with Crippen LogP contribution < -0.4 is 11.5 Å². The van der Waals surface area contributed by atoms with Crippen LogP contribution in [0.5, 0.6) is 0 Å². The van der Waals surface area contributed by atoms with Crippen molar-refractivity contribution in [2.45, 2.75) is 12.5 Å². The molecule has 0 amide bonds. The second kappa shape index (κ2) is 5.71. The van der Waals surface area contributed by atoms with Gasteiger partial charge in [-0.1, -0.05) is 5.16 Å². The van der Waals surface area contributed by atoms with Crippen LogP contribution in [0, 0.1) is 10.1 Å². The van der Waals surface area contributed by atoms with Crippen molar-refractivity contribution in [2.75, 3.05) is 6.54 Å². The van der Waals surface area contributed by atoms with Crippen LogP contribution in [0.3, 0.4) is 0 Å². The molecule has 1 unspecified atom stereocenters. The van der Waals surface area contributed by atoms with E-state index in [0.29, 0.717) is 24.0 Å². The summed E-state index contributed by atoms with van der Waals surface area (Å²) in [4.78, 5) is 14.2. The summed E-state index contributed by atoms with van der Waals surface area (Å²) >= 11 is 0. The van der Waals surface area contributed by atoms with E-state index in [1.54, 1.807) is 0 Å². The normalized spacial score (nSPS) is 12.1. The predicted octanol–water partition coefficient (Wildman–Crippen LogP) is 0.901. The second-order valence-electron chi connectivity index (χ2n) is 3.54. The predicted molar refractivity (Wildman–Crippen MR) is 66.3 cm³/mol. The summed E-state index contributed by atoms with van der Waals surface area (Å²) in [5, 5.41) is 14.7. The average Bonchev–Trinajstić information content (AvgIpc) is 2.76. The molecule has 0 saturated heterocycles. The van der Waals surface area contributed by atoms with Gasteiger partial charge in [0.2, 0.25) is 5.58 Å². The summed E-state index contributed by atoms with van der Waals surface area (Å²) in [6.45, 7) is 0.409. The Kier molecular flexibility index (Phi) is 4.54. The number of fused-ring (bicyclic) bond motifs is 1. The number of nitro groups is 1. The molecule has 9 heteroatoms. The number of aromatic nitrogens is 2. The van der Waals surface area contributed by atoms with Gasteiger partial charge in [-0.25, -0.2) is 0 Å². The van der Waals surface area contributed by atoms with E-state index in [-0.39, 0.29) is 29.7 Å². The van der Waals surface area contributed by atoms with Gasteiger partial charge in [0, 0.05) is 6.04 Å². The van der Waals surface area contributed by atoms with Crippen LogP contribution in [0.15, 0.2) is 16.9 Å². The quantitative estimate of drug-likeness (QED) is 0.624. The third-order valence-corrected chi connectivity index (χ3v) is 2.43. The molecule has 4 N–H and O–H groups in total. The zero-order chi connectivity index (χ0) is 12.4. The summed E-state index contributed by atoms with van der Waals surface area (Å²) in [6, 6.07) is -0.386. The fraction of sp³-hybridized carbons (Fsp3) is 0.333. The Morgan fingerprint density at radius 3 is 2.83 bits per heavy atom. The van der Waals surface area contributed by atoms with E-state index in [1.807, 2.05) is 0 Å². The minimum Gasteiger partial charge on any atom is -0.349 e. The standard InChI is InChI=1S/C9H11N5O3.ClH/c10-2-1-6(11)8-5-3-13-17-9(5)7(4-12-8)14(15)16;/h3-4,6H,1-2,10-11H2;1H. The first-order valence-electron chi connectivity index (χ1n) is 4.98. The molecule has 0 bridgehead atoms. The monoisotopic (exact) mass is 273 g/mol. The molecule has 1 atom stereocenters. The lowest BCUT2D eigenvalue weighted by molar-refractivity contribution is -0.384. The fourth-order valence-electron chi connectivity index (χ4n) is 1.61. The summed E-state index contributed by atoms with van der Waals surface area (Å²) in [5.74, 6) is 0. The number of nitrogens with two attached hydrogens (primary N) is 2. The van der Waals surface area contributed by atoms with Crippen molar-refractivity contribution in [3.05, 3.63) is 28.2 Å². The Morgan fingerprint density at radius 1 is 1.50 bits per heavy atom. The van der Waals surface area contributed by atoms with Crippen LogP contribution in [-0.2, 0) is 0 Å². The molecule has 18 heavy (non-hydrogen) atoms. The molecular weight excluding hydrogens is 262 g/mol. The Bertz CT molecular complexity index is 558. The number of rotatable bonds is 4. The highest BCUT2D eigenvalue weighted by Gasteiger charge is 2.22. The first-order chi connectivity index (χ1) is 8.15. The molecule has 2 rings (SSSR count). The molecule has 0 fully saturated rings. The highest BCUT2D eigenvalue weighted by molar-refractivity contribution is 5.86. The molecule has 98 valence electrons. The van der Waals surface area contributed by atoms with Gasteiger partial charge < -0.3 is 16.0 Å². The molecule has 0 radical (unpaired) electrons. The summed E-state index contributed by atoms with van der Waals surface area (Å²) < 4.78 is 4.86. The number of nitrogens with zero attached hydrogens (tertiary/aromatic N) is 3. The Morgan fingerprint density at radius 2 is 2.22 bits per heavy atom. The van der Waals surface area contributed by atoms with E-state index in [4.69, 9.17) is 16.0 Å². The van der Waals surface area contributed by atoms with E-state index in [2.05, 4.69) is 10.1 Å². The minimum absolute atomic E-state index is 0. The maximum Gasteiger partial charge on any atom is 0.333 e. The molecular formula is C9H12ClN5O3. The van der Waals surface area contributed by atoms with E-state index < -0.39 is 4.92 Å². The lowest BCUT2D eigenvalue weighted by Crippen LogP contribution is -2.16. The number of pyridine rings is 1. The third-order valence-electron chi connectivity index (χ3n) is 2.43. The van der Waals surface area contributed by atoms with Crippen LogP contribution in [-0.4, -0.2) is 21.6 Å². The largest absolute Gasteiger partial charge is 0.349 e. The van der Waals surface area contributed by atoms with E-state index >= 15 is 0 Å². The fourth-order valence-corrected chi connectivity index (χ4v) is 1.61. The summed E-state index contributed by atoms with van der Waals surface area (Å²) in [6.07, 6.45) is 3.03. The highest BCUT2D eigenvalue weighted by Crippen LogP contribution is 2.29. The number of hydrogen-bond acceptors (Lipinski definition) is 7. The van der Waals surface area contributed by atoms with Gasteiger partial charge >= 0.3 is 5.69 Å². The van der Waals surface area contributed by atoms with Gasteiger partial charge in [0.15, 0.2) is 0 Å². The highest BCUT2D eigenvalue weighted by atomic mass is 35.5. The van der Waals surface area contributed by atoms with Gasteiger partial charge in [-0.2, -0.15) is 0 Å². The van der Waals surface area contributed by atoms with Crippen molar-refractivity contribution >= 4 is 29.1 Å². The van der Waals surface area contributed by atoms with Gasteiger partial charge in [-0.15, -0.1) is 12.4 Å². The Hall–Kier alpha value is -1.77. The van der Waals surface area contributed by atoms with E-state index in [0.717, 1.165) is 6.20 Å². The molecule has 0 aliphatic heterocycles. The van der Waals surface area contributed by atoms with Crippen LogP contribution >= 0.6 is 12.4 Å². The van der Waals surface area contributed by atoms with Gasteiger partial charge in [0.25, 0.3) is 0 Å². The van der Waals surface area contributed by atoms with E-state index in [1.165, 1.54) is 6.20 Å². The topological polar surface area (TPSA) is 134 Å². The molecule has 2 aromatic heterocycles. The zero-order valence-electron chi connectivity index (χ0n) is 9.28. The maximum absolute atomic E-state index is 10.7. The maximum atomic E-state index is 10.7. The third kappa shape index (κ3) is 2.40. The van der Waals surface area contributed by atoms with Crippen LogP contribution in [0.25, 0.3) is 11.0 Å². The Balaban J connectivity index is 0.00000162. The van der Waals surface area contributed by atoms with Gasteiger partial charge in [-0.3, -0.25) is 15.1 Å². The van der Waals surface area contributed by atoms with Crippen molar-refractivity contribution in [2.24, 2.45) is 11.5 Å². The summed E-state index contributed by atoms with van der Waals surface area (Å²) in [5.41, 5.74) is 11.7. The molecule has 2 heterocycles. The number of halogens is 1. The van der Waals surface area contributed by atoms with Crippen molar-refractivity contribution in [1.82, 2.24) is 10.1 Å². The first kappa shape index (κ1) is 14.3. The smallest absolute Gasteiger partial charge is 0.333 e. The SMILES string of the molecule is Cl.NCCC(N)c1ncc([N+](=O)[O-])c2oncc12. The van der Waals surface area contributed by atoms with Gasteiger partial charge in [0.1, 0.15) is 6.20 Å². The lowest BCUT2D eigenvalue weighted by atomic mass is 10.1. The molecule has 0 aliphatic carbocycles. The van der Waals surface area contributed by atoms with Crippen molar-refractivity contribution in [3.8, 4) is 0 Å². The van der Waals surface area contributed by atoms with Gasteiger partial charge in [-0.05, 0) is 13.0 Å². The van der Waals surface area contributed by atoms with E-state index in [9.17, 15) is 10.1 Å². The van der Waals surface area contributed by atoms with Crippen molar-refractivity contribution in [1.29, 1.82) is 0 Å². The van der Waals surface area contributed by atoms with Crippen molar-refractivity contribution < 1.29 is 9.45 Å². The molecule has 0 aromatic carbocycles. The van der Waals surface area contributed by atoms with Gasteiger partial charge in [0.05, 0.1) is 22.2 Å². The summed E-state index contributed by atoms with van der Waals surface area (Å²) in [7, 11) is 0. The Labute approximate surface area is 108 Å². The van der Waals surface area contributed by atoms with Crippen LogP contribution in [0.2, 0.25) is 0 Å². The minimum atomic E-state index is -0.571.